The lowest BCUT2D eigenvalue weighted by Gasteiger charge is -2.06. The van der Waals surface area contributed by atoms with Crippen molar-refractivity contribution >= 4 is 29.0 Å². The van der Waals surface area contributed by atoms with E-state index >= 15 is 0 Å². The molecular formula is C15H11Cl2FO. The van der Waals surface area contributed by atoms with Gasteiger partial charge in [-0.1, -0.05) is 41.4 Å². The normalized spacial score (nSPS) is 10.5. The summed E-state index contributed by atoms with van der Waals surface area (Å²) in [6, 6.07) is 11.0. The van der Waals surface area contributed by atoms with Gasteiger partial charge in [0, 0.05) is 22.9 Å². The van der Waals surface area contributed by atoms with Gasteiger partial charge in [-0.3, -0.25) is 4.79 Å². The lowest BCUT2D eigenvalue weighted by molar-refractivity contribution is -0.117. The maximum absolute atomic E-state index is 12.8. The monoisotopic (exact) mass is 296 g/mol. The number of rotatable bonds is 4. The van der Waals surface area contributed by atoms with E-state index in [1.165, 1.54) is 12.1 Å². The number of hydrogen-bond acceptors (Lipinski definition) is 1. The largest absolute Gasteiger partial charge is 0.299 e. The van der Waals surface area contributed by atoms with Crippen LogP contribution >= 0.6 is 23.2 Å². The molecule has 0 atom stereocenters. The highest BCUT2D eigenvalue weighted by Gasteiger charge is 2.11. The SMILES string of the molecule is O=C(Cc1ccc(F)cc1)Cc1c(Cl)cccc1Cl. The fraction of sp³-hybridized carbons (Fsp3) is 0.133. The second-order valence-electron chi connectivity index (χ2n) is 4.22. The molecule has 0 aromatic heterocycles. The zero-order valence-electron chi connectivity index (χ0n) is 10.00. The summed E-state index contributed by atoms with van der Waals surface area (Å²) in [5, 5.41) is 0.972. The van der Waals surface area contributed by atoms with Crippen LogP contribution in [0.5, 0.6) is 0 Å². The Labute approximate surface area is 121 Å². The standard InChI is InChI=1S/C15H11Cl2FO/c16-14-2-1-3-15(17)13(14)9-12(19)8-10-4-6-11(18)7-5-10/h1-7H,8-9H2. The van der Waals surface area contributed by atoms with Gasteiger partial charge in [0.25, 0.3) is 0 Å². The Morgan fingerprint density at radius 3 is 2.11 bits per heavy atom. The van der Waals surface area contributed by atoms with Gasteiger partial charge >= 0.3 is 0 Å². The zero-order chi connectivity index (χ0) is 13.8. The van der Waals surface area contributed by atoms with Crippen LogP contribution in [-0.2, 0) is 17.6 Å². The summed E-state index contributed by atoms with van der Waals surface area (Å²) in [7, 11) is 0. The Kier molecular flexibility index (Phi) is 4.56. The van der Waals surface area contributed by atoms with E-state index in [9.17, 15) is 9.18 Å². The van der Waals surface area contributed by atoms with Crippen LogP contribution in [0.2, 0.25) is 10.0 Å². The molecule has 2 aromatic rings. The summed E-state index contributed by atoms with van der Waals surface area (Å²) in [5.74, 6) is -0.327. The number of Topliss-reactive ketones (excluding diaryl/α,β-unsaturated/α-hetero) is 1. The number of halogens is 3. The van der Waals surface area contributed by atoms with Crippen molar-refractivity contribution in [1.82, 2.24) is 0 Å². The molecule has 0 heterocycles. The predicted octanol–water partition coefficient (Wildman–Crippen LogP) is 4.49. The molecule has 2 aromatic carbocycles. The molecule has 0 aliphatic heterocycles. The molecule has 0 aliphatic carbocycles. The topological polar surface area (TPSA) is 17.1 Å². The molecule has 0 fully saturated rings. The minimum Gasteiger partial charge on any atom is -0.299 e. The third-order valence-corrected chi connectivity index (χ3v) is 3.46. The predicted molar refractivity (Wildman–Crippen MR) is 75.3 cm³/mol. The van der Waals surface area contributed by atoms with Crippen molar-refractivity contribution in [1.29, 1.82) is 0 Å². The van der Waals surface area contributed by atoms with Crippen molar-refractivity contribution in [3.8, 4) is 0 Å². The van der Waals surface area contributed by atoms with E-state index in [2.05, 4.69) is 0 Å². The first kappa shape index (κ1) is 14.0. The van der Waals surface area contributed by atoms with Gasteiger partial charge in [-0.15, -0.1) is 0 Å². The van der Waals surface area contributed by atoms with Gasteiger partial charge in [0.2, 0.25) is 0 Å². The van der Waals surface area contributed by atoms with Crippen LogP contribution < -0.4 is 0 Å². The smallest absolute Gasteiger partial charge is 0.141 e. The molecule has 0 saturated heterocycles. The molecule has 98 valence electrons. The lowest BCUT2D eigenvalue weighted by Crippen LogP contribution is -2.07. The number of carbonyl (C=O) groups excluding carboxylic acids is 1. The average molecular weight is 297 g/mol. The van der Waals surface area contributed by atoms with Crippen molar-refractivity contribution in [2.75, 3.05) is 0 Å². The maximum Gasteiger partial charge on any atom is 0.141 e. The Bertz CT molecular complexity index is 573. The van der Waals surface area contributed by atoms with Crippen LogP contribution in [0, 0.1) is 5.82 Å². The molecule has 0 radical (unpaired) electrons. The van der Waals surface area contributed by atoms with Gasteiger partial charge < -0.3 is 0 Å². The first-order chi connectivity index (χ1) is 9.06. The number of benzene rings is 2. The van der Waals surface area contributed by atoms with Gasteiger partial charge in [-0.05, 0) is 35.4 Å². The molecular weight excluding hydrogens is 286 g/mol. The Hall–Kier alpha value is -1.38. The highest BCUT2D eigenvalue weighted by atomic mass is 35.5. The minimum atomic E-state index is -0.314. The third-order valence-electron chi connectivity index (χ3n) is 2.75. The molecule has 0 bridgehead atoms. The summed E-state index contributed by atoms with van der Waals surface area (Å²) in [4.78, 5) is 12.0. The molecule has 0 saturated carbocycles. The summed E-state index contributed by atoms with van der Waals surface area (Å²) in [6.07, 6.45) is 0.414. The molecule has 0 unspecified atom stereocenters. The quantitative estimate of drug-likeness (QED) is 0.812. The summed E-state index contributed by atoms with van der Waals surface area (Å²) < 4.78 is 12.8. The molecule has 0 spiro atoms. The van der Waals surface area contributed by atoms with Crippen molar-refractivity contribution < 1.29 is 9.18 Å². The van der Waals surface area contributed by atoms with Crippen molar-refractivity contribution in [2.24, 2.45) is 0 Å². The van der Waals surface area contributed by atoms with Crippen LogP contribution in [0.4, 0.5) is 4.39 Å². The fourth-order valence-corrected chi connectivity index (χ4v) is 2.32. The van der Waals surface area contributed by atoms with Crippen molar-refractivity contribution in [2.45, 2.75) is 12.8 Å². The van der Waals surface area contributed by atoms with E-state index in [0.29, 0.717) is 15.6 Å². The highest BCUT2D eigenvalue weighted by Crippen LogP contribution is 2.25. The van der Waals surface area contributed by atoms with Crippen molar-refractivity contribution in [3.63, 3.8) is 0 Å². The first-order valence-electron chi connectivity index (χ1n) is 5.75. The third kappa shape index (κ3) is 3.79. The van der Waals surface area contributed by atoms with Crippen molar-refractivity contribution in [3.05, 3.63) is 69.5 Å². The molecule has 0 amide bonds. The van der Waals surface area contributed by atoms with Gasteiger partial charge in [0.1, 0.15) is 11.6 Å². The molecule has 4 heteroatoms. The minimum absolute atomic E-state index is 0.0124. The second kappa shape index (κ2) is 6.18. The molecule has 1 nitrogen and oxygen atoms in total. The number of hydrogen-bond donors (Lipinski definition) is 0. The second-order valence-corrected chi connectivity index (χ2v) is 5.03. The average Bonchev–Trinajstić information content (AvgIpc) is 2.37. The first-order valence-corrected chi connectivity index (χ1v) is 6.51. The number of carbonyl (C=O) groups is 1. The summed E-state index contributed by atoms with van der Waals surface area (Å²) in [5.41, 5.74) is 1.41. The van der Waals surface area contributed by atoms with Gasteiger partial charge in [0.05, 0.1) is 0 Å². The fourth-order valence-electron chi connectivity index (χ4n) is 1.79. The van der Waals surface area contributed by atoms with Crippen LogP contribution in [0.25, 0.3) is 0 Å². The molecule has 19 heavy (non-hydrogen) atoms. The van der Waals surface area contributed by atoms with Gasteiger partial charge in [-0.2, -0.15) is 0 Å². The van der Waals surface area contributed by atoms with Crippen LogP contribution in [-0.4, -0.2) is 5.78 Å². The van der Waals surface area contributed by atoms with E-state index in [0.717, 1.165) is 5.56 Å². The van der Waals surface area contributed by atoms with Gasteiger partial charge in [0.15, 0.2) is 0 Å². The van der Waals surface area contributed by atoms with E-state index < -0.39 is 0 Å². The van der Waals surface area contributed by atoms with E-state index in [1.807, 2.05) is 0 Å². The highest BCUT2D eigenvalue weighted by molar-refractivity contribution is 6.36. The van der Waals surface area contributed by atoms with E-state index in [1.54, 1.807) is 30.3 Å². The van der Waals surface area contributed by atoms with Gasteiger partial charge in [-0.25, -0.2) is 4.39 Å². The Morgan fingerprint density at radius 2 is 1.53 bits per heavy atom. The van der Waals surface area contributed by atoms with Crippen LogP contribution in [0.15, 0.2) is 42.5 Å². The van der Waals surface area contributed by atoms with Crippen LogP contribution in [0.3, 0.4) is 0 Å². The molecule has 0 aliphatic rings. The van der Waals surface area contributed by atoms with E-state index in [-0.39, 0.29) is 24.4 Å². The maximum atomic E-state index is 12.8. The summed E-state index contributed by atoms with van der Waals surface area (Å²) in [6.45, 7) is 0. The zero-order valence-corrected chi connectivity index (χ0v) is 11.5. The Morgan fingerprint density at radius 1 is 0.947 bits per heavy atom. The number of ketones is 1. The van der Waals surface area contributed by atoms with Crippen LogP contribution in [0.1, 0.15) is 11.1 Å². The Balaban J connectivity index is 2.07. The summed E-state index contributed by atoms with van der Waals surface area (Å²) >= 11 is 12.0. The lowest BCUT2D eigenvalue weighted by atomic mass is 10.0. The van der Waals surface area contributed by atoms with E-state index in [4.69, 9.17) is 23.2 Å². The molecule has 0 N–H and O–H groups in total. The molecule has 2 rings (SSSR count).